The zero-order valence-corrected chi connectivity index (χ0v) is 14.4. The van der Waals surface area contributed by atoms with E-state index >= 15 is 0 Å². The van der Waals surface area contributed by atoms with Gasteiger partial charge in [0.05, 0.1) is 11.8 Å². The first-order chi connectivity index (χ1) is 12.9. The number of aromatic nitrogens is 2. The van der Waals surface area contributed by atoms with Crippen molar-refractivity contribution in [2.45, 2.75) is 11.8 Å². The highest BCUT2D eigenvalue weighted by Gasteiger charge is 2.15. The maximum Gasteiger partial charge on any atom is 0.0852 e. The molecule has 2 aromatic carbocycles. The molecule has 2 N–H and O–H groups in total. The second-order valence-electron chi connectivity index (χ2n) is 6.23. The van der Waals surface area contributed by atoms with Crippen molar-refractivity contribution in [3.63, 3.8) is 0 Å². The lowest BCUT2D eigenvalue weighted by atomic mass is 9.92. The van der Waals surface area contributed by atoms with Gasteiger partial charge in [0.15, 0.2) is 0 Å². The van der Waals surface area contributed by atoms with Gasteiger partial charge in [-0.1, -0.05) is 72.5 Å². The molecule has 4 aromatic rings. The van der Waals surface area contributed by atoms with E-state index in [1.165, 1.54) is 11.1 Å². The lowest BCUT2D eigenvalue weighted by Crippen LogP contribution is -2.02. The molecule has 0 spiro atoms. The highest BCUT2D eigenvalue weighted by molar-refractivity contribution is 5.42. The van der Waals surface area contributed by atoms with Gasteiger partial charge in [-0.25, -0.2) is 0 Å². The fraction of sp³-hybridized carbons (Fsp3) is 0.0833. The average Bonchev–Trinajstić information content (AvgIpc) is 3.41. The summed E-state index contributed by atoms with van der Waals surface area (Å²) >= 11 is 0. The molecule has 0 saturated heterocycles. The topological polar surface area (TPSA) is 31.6 Å². The van der Waals surface area contributed by atoms with Crippen LogP contribution in [0.4, 0.5) is 0 Å². The van der Waals surface area contributed by atoms with Gasteiger partial charge in [-0.15, -0.1) is 0 Å². The Balaban J connectivity index is 1.76. The van der Waals surface area contributed by atoms with E-state index in [0.29, 0.717) is 0 Å². The molecule has 0 aliphatic carbocycles. The maximum atomic E-state index is 3.52. The van der Waals surface area contributed by atoms with Crippen LogP contribution in [0.15, 0.2) is 97.3 Å². The second kappa shape index (κ2) is 7.63. The van der Waals surface area contributed by atoms with Crippen molar-refractivity contribution in [2.75, 3.05) is 0 Å². The van der Waals surface area contributed by atoms with E-state index in [2.05, 4.69) is 82.5 Å². The zero-order valence-electron chi connectivity index (χ0n) is 14.4. The Labute approximate surface area is 153 Å². The molecule has 2 aromatic heterocycles. The first-order valence-electron chi connectivity index (χ1n) is 8.79. The minimum Gasteiger partial charge on any atom is -0.364 e. The largest absolute Gasteiger partial charge is 0.364 e. The number of hydrogen-bond acceptors (Lipinski definition) is 0. The number of nitrogens with one attached hydrogen (secondary N) is 2. The highest BCUT2D eigenvalue weighted by Crippen LogP contribution is 2.26. The molecule has 0 bridgehead atoms. The summed E-state index contributed by atoms with van der Waals surface area (Å²) in [7, 11) is 0. The summed E-state index contributed by atoms with van der Waals surface area (Å²) in [6.45, 7) is 0. The molecule has 4 rings (SSSR count). The molecule has 126 valence electrons. The minimum absolute atomic E-state index is 0.0207. The molecule has 2 unspecified atom stereocenters. The molecule has 0 amide bonds. The van der Waals surface area contributed by atoms with Gasteiger partial charge in [0.2, 0.25) is 0 Å². The van der Waals surface area contributed by atoms with Crippen LogP contribution in [0.2, 0.25) is 0 Å². The third kappa shape index (κ3) is 3.48. The van der Waals surface area contributed by atoms with Gasteiger partial charge in [-0.2, -0.15) is 0 Å². The molecule has 0 radical (unpaired) electrons. The van der Waals surface area contributed by atoms with Crippen LogP contribution >= 0.6 is 0 Å². The van der Waals surface area contributed by atoms with Crippen molar-refractivity contribution in [3.8, 4) is 11.8 Å². The normalized spacial score (nSPS) is 12.8. The summed E-state index contributed by atoms with van der Waals surface area (Å²) in [5.74, 6) is 7.09. The van der Waals surface area contributed by atoms with Crippen LogP contribution in [-0.2, 0) is 0 Å². The third-order valence-electron chi connectivity index (χ3n) is 4.50. The molecule has 2 heteroatoms. The molecule has 26 heavy (non-hydrogen) atoms. The Morgan fingerprint density at radius 2 is 0.923 bits per heavy atom. The molecule has 2 heterocycles. The molecule has 0 aliphatic heterocycles. The Morgan fingerprint density at radius 1 is 0.500 bits per heavy atom. The fourth-order valence-corrected chi connectivity index (χ4v) is 3.19. The van der Waals surface area contributed by atoms with E-state index in [9.17, 15) is 0 Å². The molecule has 2 nitrogen and oxygen atoms in total. The molecule has 0 fully saturated rings. The molecular formula is C24H20N2. The number of H-pyrrole nitrogens is 2. The van der Waals surface area contributed by atoms with Gasteiger partial charge in [-0.05, 0) is 35.4 Å². The third-order valence-corrected chi connectivity index (χ3v) is 4.50. The van der Waals surface area contributed by atoms with E-state index in [-0.39, 0.29) is 11.8 Å². The Bertz CT molecular complexity index is 891. The molecule has 0 saturated carbocycles. The smallest absolute Gasteiger partial charge is 0.0852 e. The molecule has 2 atom stereocenters. The van der Waals surface area contributed by atoms with E-state index in [0.717, 1.165) is 11.4 Å². The van der Waals surface area contributed by atoms with Crippen molar-refractivity contribution in [1.82, 2.24) is 9.97 Å². The standard InChI is InChI=1S/C24H20N2/c1-3-9-19(10-4-1)21(23-13-7-17-25-23)15-16-22(24-14-8-18-26-24)20-11-5-2-6-12-20/h1-14,17-18,21-22,25-26H. The quantitative estimate of drug-likeness (QED) is 0.473. The lowest BCUT2D eigenvalue weighted by Gasteiger charge is -2.12. The summed E-state index contributed by atoms with van der Waals surface area (Å²) in [6, 6.07) is 29.1. The summed E-state index contributed by atoms with van der Waals surface area (Å²) in [5.41, 5.74) is 4.62. The number of rotatable bonds is 4. The van der Waals surface area contributed by atoms with Crippen molar-refractivity contribution >= 4 is 0 Å². The van der Waals surface area contributed by atoms with Gasteiger partial charge >= 0.3 is 0 Å². The van der Waals surface area contributed by atoms with Crippen LogP contribution in [0.1, 0.15) is 34.4 Å². The average molecular weight is 336 g/mol. The predicted octanol–water partition coefficient (Wildman–Crippen LogP) is 5.31. The van der Waals surface area contributed by atoms with Crippen molar-refractivity contribution in [1.29, 1.82) is 0 Å². The van der Waals surface area contributed by atoms with Gasteiger partial charge < -0.3 is 9.97 Å². The van der Waals surface area contributed by atoms with E-state index in [1.807, 2.05) is 36.7 Å². The first-order valence-corrected chi connectivity index (χ1v) is 8.79. The van der Waals surface area contributed by atoms with Crippen molar-refractivity contribution in [3.05, 3.63) is 120 Å². The van der Waals surface area contributed by atoms with E-state index in [1.54, 1.807) is 0 Å². The number of aromatic amines is 2. The van der Waals surface area contributed by atoms with Crippen LogP contribution in [0, 0.1) is 11.8 Å². The first kappa shape index (κ1) is 16.1. The highest BCUT2D eigenvalue weighted by atomic mass is 14.7. The van der Waals surface area contributed by atoms with Gasteiger partial charge in [0, 0.05) is 23.8 Å². The Hall–Kier alpha value is -3.44. The minimum atomic E-state index is 0.0207. The monoisotopic (exact) mass is 336 g/mol. The van der Waals surface area contributed by atoms with Gasteiger partial charge in [0.25, 0.3) is 0 Å². The lowest BCUT2D eigenvalue weighted by molar-refractivity contribution is 0.975. The van der Waals surface area contributed by atoms with E-state index < -0.39 is 0 Å². The second-order valence-corrected chi connectivity index (χ2v) is 6.23. The van der Waals surface area contributed by atoms with Crippen LogP contribution in [0.5, 0.6) is 0 Å². The summed E-state index contributed by atoms with van der Waals surface area (Å²) < 4.78 is 0. The zero-order chi connectivity index (χ0) is 17.6. The SMILES string of the molecule is C(#CC(c1ccccc1)c1ccc[nH]1)C(c1ccccc1)c1ccc[nH]1. The van der Waals surface area contributed by atoms with Crippen LogP contribution in [0.25, 0.3) is 0 Å². The molecule has 0 aliphatic rings. The number of hydrogen-bond donors (Lipinski definition) is 2. The van der Waals surface area contributed by atoms with Gasteiger partial charge in [0.1, 0.15) is 0 Å². The summed E-state index contributed by atoms with van der Waals surface area (Å²) in [4.78, 5) is 6.65. The number of benzene rings is 2. The van der Waals surface area contributed by atoms with Crippen LogP contribution < -0.4 is 0 Å². The summed E-state index contributed by atoms with van der Waals surface area (Å²) in [5, 5.41) is 0. The molecular weight excluding hydrogens is 316 g/mol. The summed E-state index contributed by atoms with van der Waals surface area (Å²) in [6.07, 6.45) is 3.90. The Kier molecular flexibility index (Phi) is 4.71. The fourth-order valence-electron chi connectivity index (χ4n) is 3.19. The Morgan fingerprint density at radius 3 is 1.27 bits per heavy atom. The predicted molar refractivity (Wildman–Crippen MR) is 106 cm³/mol. The van der Waals surface area contributed by atoms with Crippen molar-refractivity contribution in [2.24, 2.45) is 0 Å². The maximum absolute atomic E-state index is 3.52. The van der Waals surface area contributed by atoms with Crippen LogP contribution in [-0.4, -0.2) is 9.97 Å². The van der Waals surface area contributed by atoms with E-state index in [4.69, 9.17) is 0 Å². The van der Waals surface area contributed by atoms with Crippen molar-refractivity contribution < 1.29 is 0 Å². The van der Waals surface area contributed by atoms with Crippen LogP contribution in [0.3, 0.4) is 0 Å². The van der Waals surface area contributed by atoms with Gasteiger partial charge in [-0.3, -0.25) is 0 Å².